The van der Waals surface area contributed by atoms with Gasteiger partial charge in [-0.3, -0.25) is 0 Å². The fraction of sp³-hybridized carbons (Fsp3) is 0.381. The van der Waals surface area contributed by atoms with E-state index >= 15 is 0 Å². The lowest BCUT2D eigenvalue weighted by molar-refractivity contribution is 0.382. The molecule has 2 aromatic rings. The van der Waals surface area contributed by atoms with E-state index in [-0.39, 0.29) is 10.9 Å². The maximum absolute atomic E-state index is 12.6. The summed E-state index contributed by atoms with van der Waals surface area (Å²) < 4.78 is 29.1. The number of piperazine rings is 1. The van der Waals surface area contributed by atoms with Gasteiger partial charge in [-0.2, -0.15) is 8.42 Å². The molecule has 0 spiro atoms. The van der Waals surface area contributed by atoms with Crippen LogP contribution in [0.1, 0.15) is 30.9 Å². The lowest BCUT2D eigenvalue weighted by atomic mass is 10.0. The number of aryl methyl sites for hydroxylation is 1. The fourth-order valence-corrected chi connectivity index (χ4v) is 4.47. The highest BCUT2D eigenvalue weighted by molar-refractivity contribution is 7.90. The first kappa shape index (κ1) is 21.5. The van der Waals surface area contributed by atoms with E-state index in [0.717, 1.165) is 16.8 Å². The average molecular weight is 435 g/mol. The van der Waals surface area contributed by atoms with Crippen molar-refractivity contribution < 1.29 is 8.42 Å². The Morgan fingerprint density at radius 3 is 2.28 bits per heavy atom. The van der Waals surface area contributed by atoms with E-state index in [1.807, 2.05) is 37.3 Å². The Bertz CT molecular complexity index is 996. The second-order valence-electron chi connectivity index (χ2n) is 7.55. The van der Waals surface area contributed by atoms with Crippen molar-refractivity contribution in [2.75, 3.05) is 31.1 Å². The van der Waals surface area contributed by atoms with Crippen LogP contribution >= 0.6 is 11.6 Å². The van der Waals surface area contributed by atoms with E-state index in [0.29, 0.717) is 37.1 Å². The van der Waals surface area contributed by atoms with Gasteiger partial charge < -0.3 is 15.5 Å². The van der Waals surface area contributed by atoms with Crippen LogP contribution in [0.25, 0.3) is 0 Å². The molecule has 3 rings (SSSR count). The summed E-state index contributed by atoms with van der Waals surface area (Å²) in [6.45, 7) is 8.76. The minimum atomic E-state index is -3.84. The molecule has 156 valence electrons. The molecule has 1 fully saturated rings. The number of nitrogens with zero attached hydrogens (tertiary/aromatic N) is 3. The zero-order chi connectivity index (χ0) is 21.2. The van der Waals surface area contributed by atoms with Gasteiger partial charge in [0.1, 0.15) is 0 Å². The van der Waals surface area contributed by atoms with Gasteiger partial charge >= 0.3 is 0 Å². The van der Waals surface area contributed by atoms with Crippen LogP contribution in [0.3, 0.4) is 0 Å². The van der Waals surface area contributed by atoms with E-state index in [9.17, 15) is 8.42 Å². The molecule has 1 aliphatic heterocycles. The van der Waals surface area contributed by atoms with E-state index < -0.39 is 10.0 Å². The minimum Gasteiger partial charge on any atom is -0.369 e. The standard InChI is InChI=1S/C21H27ClN4O2S/c1-15(2)17-5-8-19(9-6-17)29(27,28)24-21(23)26-12-10-25(11-13-26)20-14-18(22)7-4-16(20)3/h4-9,14-15H,10-13H2,1-3H3,(H2,23,24). The summed E-state index contributed by atoms with van der Waals surface area (Å²) in [6, 6.07) is 12.6. The zero-order valence-corrected chi connectivity index (χ0v) is 18.5. The third-order valence-corrected chi connectivity index (χ3v) is 6.70. The molecule has 0 aliphatic carbocycles. The van der Waals surface area contributed by atoms with E-state index in [1.54, 1.807) is 17.0 Å². The van der Waals surface area contributed by atoms with Crippen molar-refractivity contribution in [3.8, 4) is 0 Å². The quantitative estimate of drug-likeness (QED) is 0.587. The second-order valence-corrected chi connectivity index (χ2v) is 9.59. The lowest BCUT2D eigenvalue weighted by Crippen LogP contribution is -2.51. The van der Waals surface area contributed by atoms with Crippen LogP contribution in [0.5, 0.6) is 0 Å². The monoisotopic (exact) mass is 434 g/mol. The van der Waals surface area contributed by atoms with Crippen LogP contribution in [0.2, 0.25) is 5.02 Å². The summed E-state index contributed by atoms with van der Waals surface area (Å²) in [5.74, 6) is 0.361. The number of hydrogen-bond acceptors (Lipinski definition) is 3. The Hall–Kier alpha value is -2.25. The number of guanidine groups is 1. The smallest absolute Gasteiger partial charge is 0.285 e. The summed E-state index contributed by atoms with van der Waals surface area (Å²) in [4.78, 5) is 4.18. The first-order chi connectivity index (χ1) is 13.7. The van der Waals surface area contributed by atoms with Gasteiger partial charge in [-0.15, -0.1) is 4.40 Å². The van der Waals surface area contributed by atoms with Crippen molar-refractivity contribution in [1.82, 2.24) is 4.90 Å². The molecule has 0 bridgehead atoms. The van der Waals surface area contributed by atoms with Gasteiger partial charge in [0.15, 0.2) is 0 Å². The molecule has 1 saturated heterocycles. The van der Waals surface area contributed by atoms with Crippen LogP contribution < -0.4 is 10.6 Å². The maximum Gasteiger partial charge on any atom is 0.285 e. The van der Waals surface area contributed by atoms with Gasteiger partial charge in [0, 0.05) is 36.9 Å². The molecule has 0 amide bonds. The molecular weight excluding hydrogens is 408 g/mol. The zero-order valence-electron chi connectivity index (χ0n) is 17.0. The Morgan fingerprint density at radius 1 is 1.07 bits per heavy atom. The fourth-order valence-electron chi connectivity index (χ4n) is 3.36. The summed E-state index contributed by atoms with van der Waals surface area (Å²) in [7, 11) is -3.84. The van der Waals surface area contributed by atoms with Crippen LogP contribution in [-0.4, -0.2) is 45.5 Å². The summed E-state index contributed by atoms with van der Waals surface area (Å²) in [5.41, 5.74) is 9.36. The van der Waals surface area contributed by atoms with Gasteiger partial charge in [-0.05, 0) is 48.2 Å². The van der Waals surface area contributed by atoms with Crippen molar-refractivity contribution in [3.63, 3.8) is 0 Å². The third-order valence-electron chi connectivity index (χ3n) is 5.17. The number of hydrogen-bond donors (Lipinski definition) is 1. The number of nitrogens with two attached hydrogens (primary N) is 1. The van der Waals surface area contributed by atoms with Crippen molar-refractivity contribution in [2.24, 2.45) is 10.1 Å². The molecule has 6 nitrogen and oxygen atoms in total. The molecule has 0 aromatic heterocycles. The first-order valence-electron chi connectivity index (χ1n) is 9.64. The molecule has 0 unspecified atom stereocenters. The Morgan fingerprint density at radius 2 is 1.69 bits per heavy atom. The Balaban J connectivity index is 1.70. The maximum atomic E-state index is 12.6. The molecule has 1 heterocycles. The summed E-state index contributed by atoms with van der Waals surface area (Å²) in [5, 5.41) is 0.698. The second kappa shape index (κ2) is 8.63. The van der Waals surface area contributed by atoms with Gasteiger partial charge in [-0.25, -0.2) is 0 Å². The number of rotatable bonds is 4. The molecule has 2 N–H and O–H groups in total. The average Bonchev–Trinajstić information content (AvgIpc) is 2.69. The van der Waals surface area contributed by atoms with Gasteiger partial charge in [0.2, 0.25) is 5.96 Å². The lowest BCUT2D eigenvalue weighted by Gasteiger charge is -2.37. The number of benzene rings is 2. The molecule has 2 aromatic carbocycles. The SMILES string of the molecule is Cc1ccc(Cl)cc1N1CCN(C(N)=NS(=O)(=O)c2ccc(C(C)C)cc2)CC1. The highest BCUT2D eigenvalue weighted by atomic mass is 35.5. The number of halogens is 1. The predicted molar refractivity (Wildman–Crippen MR) is 119 cm³/mol. The number of anilines is 1. The highest BCUT2D eigenvalue weighted by Crippen LogP contribution is 2.25. The van der Waals surface area contributed by atoms with Crippen LogP contribution in [-0.2, 0) is 10.0 Å². The summed E-state index contributed by atoms with van der Waals surface area (Å²) >= 11 is 6.13. The molecule has 0 saturated carbocycles. The number of sulfonamides is 1. The highest BCUT2D eigenvalue weighted by Gasteiger charge is 2.22. The van der Waals surface area contributed by atoms with E-state index in [4.69, 9.17) is 17.3 Å². The molecule has 1 aliphatic rings. The molecule has 0 atom stereocenters. The molecular formula is C21H27ClN4O2S. The van der Waals surface area contributed by atoms with Crippen molar-refractivity contribution >= 4 is 33.3 Å². The van der Waals surface area contributed by atoms with Crippen molar-refractivity contribution in [3.05, 3.63) is 58.6 Å². The summed E-state index contributed by atoms with van der Waals surface area (Å²) in [6.07, 6.45) is 0. The minimum absolute atomic E-state index is 0.0282. The van der Waals surface area contributed by atoms with Gasteiger partial charge in [0.05, 0.1) is 4.90 Å². The van der Waals surface area contributed by atoms with Crippen molar-refractivity contribution in [2.45, 2.75) is 31.6 Å². The molecule has 29 heavy (non-hydrogen) atoms. The van der Waals surface area contributed by atoms with E-state index in [2.05, 4.69) is 23.1 Å². The normalized spacial score (nSPS) is 15.8. The predicted octanol–water partition coefficient (Wildman–Crippen LogP) is 3.60. The van der Waals surface area contributed by atoms with Crippen LogP contribution in [0.15, 0.2) is 51.8 Å². The Labute approximate surface area is 178 Å². The largest absolute Gasteiger partial charge is 0.369 e. The third kappa shape index (κ3) is 5.03. The topological polar surface area (TPSA) is 79.0 Å². The van der Waals surface area contributed by atoms with Crippen LogP contribution in [0.4, 0.5) is 5.69 Å². The molecule has 8 heteroatoms. The van der Waals surface area contributed by atoms with Gasteiger partial charge in [-0.1, -0.05) is 43.6 Å². The van der Waals surface area contributed by atoms with Gasteiger partial charge in [0.25, 0.3) is 10.0 Å². The van der Waals surface area contributed by atoms with Crippen molar-refractivity contribution in [1.29, 1.82) is 0 Å². The van der Waals surface area contributed by atoms with E-state index in [1.165, 1.54) is 0 Å². The molecule has 0 radical (unpaired) electrons. The van der Waals surface area contributed by atoms with Crippen LogP contribution in [0, 0.1) is 6.92 Å². The Kier molecular flexibility index (Phi) is 6.39. The first-order valence-corrected chi connectivity index (χ1v) is 11.5.